The van der Waals surface area contributed by atoms with Crippen molar-refractivity contribution in [3.05, 3.63) is 35.6 Å². The van der Waals surface area contributed by atoms with E-state index in [1.165, 1.54) is 12.1 Å². The molecule has 1 aromatic carbocycles. The Labute approximate surface area is 124 Å². The second kappa shape index (κ2) is 8.74. The third-order valence-electron chi connectivity index (χ3n) is 3.39. The smallest absolute Gasteiger partial charge is 0.224 e. The van der Waals surface area contributed by atoms with E-state index in [4.69, 9.17) is 9.47 Å². The molecular formula is C16H22FNO3. The van der Waals surface area contributed by atoms with Gasteiger partial charge in [-0.25, -0.2) is 4.39 Å². The quantitative estimate of drug-likeness (QED) is 0.747. The number of carbonyl (C=O) groups is 1. The minimum atomic E-state index is -0.289. The van der Waals surface area contributed by atoms with Crippen LogP contribution in [0.25, 0.3) is 0 Å². The van der Waals surface area contributed by atoms with Gasteiger partial charge in [-0.3, -0.25) is 4.79 Å². The molecule has 1 unspecified atom stereocenters. The second-order valence-electron chi connectivity index (χ2n) is 5.22. The summed E-state index contributed by atoms with van der Waals surface area (Å²) >= 11 is 0. The number of halogens is 1. The van der Waals surface area contributed by atoms with Crippen molar-refractivity contribution in [3.8, 4) is 0 Å². The molecule has 21 heavy (non-hydrogen) atoms. The molecule has 0 saturated carbocycles. The zero-order valence-corrected chi connectivity index (χ0v) is 12.1. The van der Waals surface area contributed by atoms with E-state index in [-0.39, 0.29) is 24.2 Å². The lowest BCUT2D eigenvalue weighted by Crippen LogP contribution is -2.27. The fourth-order valence-corrected chi connectivity index (χ4v) is 2.24. The van der Waals surface area contributed by atoms with Crippen LogP contribution in [0.1, 0.15) is 24.8 Å². The fourth-order valence-electron chi connectivity index (χ4n) is 2.24. The maximum absolute atomic E-state index is 12.7. The van der Waals surface area contributed by atoms with Gasteiger partial charge in [0, 0.05) is 19.8 Å². The number of amides is 1. The van der Waals surface area contributed by atoms with E-state index in [1.807, 2.05) is 0 Å². The van der Waals surface area contributed by atoms with E-state index in [1.54, 1.807) is 12.1 Å². The molecule has 1 fully saturated rings. The van der Waals surface area contributed by atoms with Crippen molar-refractivity contribution in [2.24, 2.45) is 0 Å². The van der Waals surface area contributed by atoms with Gasteiger partial charge >= 0.3 is 0 Å². The van der Waals surface area contributed by atoms with Gasteiger partial charge in [0.1, 0.15) is 5.82 Å². The molecule has 1 aromatic rings. The van der Waals surface area contributed by atoms with Crippen LogP contribution in [0, 0.1) is 5.82 Å². The van der Waals surface area contributed by atoms with Crippen molar-refractivity contribution in [3.63, 3.8) is 0 Å². The zero-order valence-electron chi connectivity index (χ0n) is 12.1. The van der Waals surface area contributed by atoms with Crippen molar-refractivity contribution < 1.29 is 18.7 Å². The maximum Gasteiger partial charge on any atom is 0.224 e. The van der Waals surface area contributed by atoms with E-state index >= 15 is 0 Å². The summed E-state index contributed by atoms with van der Waals surface area (Å²) in [6.45, 7) is 2.69. The average molecular weight is 295 g/mol. The minimum Gasteiger partial charge on any atom is -0.379 e. The number of benzene rings is 1. The Morgan fingerprint density at radius 1 is 1.38 bits per heavy atom. The standard InChI is InChI=1S/C16H22FNO3/c17-14-6-4-13(5-7-14)11-16(19)18-8-2-9-20-12-15-3-1-10-21-15/h4-7,15H,1-3,8-12H2,(H,18,19). The maximum atomic E-state index is 12.7. The van der Waals surface area contributed by atoms with Crippen LogP contribution < -0.4 is 5.32 Å². The molecule has 0 radical (unpaired) electrons. The largest absolute Gasteiger partial charge is 0.379 e. The first-order valence-corrected chi connectivity index (χ1v) is 7.44. The summed E-state index contributed by atoms with van der Waals surface area (Å²) in [7, 11) is 0. The summed E-state index contributed by atoms with van der Waals surface area (Å²) in [6, 6.07) is 5.97. The summed E-state index contributed by atoms with van der Waals surface area (Å²) in [5, 5.41) is 2.83. The van der Waals surface area contributed by atoms with E-state index in [2.05, 4.69) is 5.32 Å². The first-order chi connectivity index (χ1) is 10.2. The molecular weight excluding hydrogens is 273 g/mol. The second-order valence-corrected chi connectivity index (χ2v) is 5.22. The Balaban J connectivity index is 1.49. The highest BCUT2D eigenvalue weighted by molar-refractivity contribution is 5.78. The van der Waals surface area contributed by atoms with Crippen LogP contribution >= 0.6 is 0 Å². The molecule has 1 N–H and O–H groups in total. The van der Waals surface area contributed by atoms with E-state index in [9.17, 15) is 9.18 Å². The minimum absolute atomic E-state index is 0.0549. The molecule has 4 nitrogen and oxygen atoms in total. The van der Waals surface area contributed by atoms with E-state index in [0.717, 1.165) is 31.4 Å². The average Bonchev–Trinajstić information content (AvgIpc) is 2.98. The molecule has 1 aliphatic heterocycles. The predicted molar refractivity (Wildman–Crippen MR) is 77.5 cm³/mol. The molecule has 0 spiro atoms. The molecule has 1 atom stereocenters. The van der Waals surface area contributed by atoms with Crippen LogP contribution in [0.5, 0.6) is 0 Å². The number of carbonyl (C=O) groups excluding carboxylic acids is 1. The van der Waals surface area contributed by atoms with Crippen LogP contribution in [0.4, 0.5) is 4.39 Å². The monoisotopic (exact) mass is 295 g/mol. The topological polar surface area (TPSA) is 47.6 Å². The summed E-state index contributed by atoms with van der Waals surface area (Å²) in [6.07, 6.45) is 3.50. The summed E-state index contributed by atoms with van der Waals surface area (Å²) in [4.78, 5) is 11.7. The van der Waals surface area contributed by atoms with E-state index in [0.29, 0.717) is 19.8 Å². The van der Waals surface area contributed by atoms with Crippen molar-refractivity contribution in [2.45, 2.75) is 31.8 Å². The molecule has 5 heteroatoms. The number of nitrogens with one attached hydrogen (secondary N) is 1. The molecule has 1 aliphatic rings. The van der Waals surface area contributed by atoms with Gasteiger partial charge in [-0.15, -0.1) is 0 Å². The van der Waals surface area contributed by atoms with Gasteiger partial charge in [0.05, 0.1) is 19.1 Å². The SMILES string of the molecule is O=C(Cc1ccc(F)cc1)NCCCOCC1CCCO1. The summed E-state index contributed by atoms with van der Waals surface area (Å²) < 4.78 is 23.7. The number of ether oxygens (including phenoxy) is 2. The van der Waals surface area contributed by atoms with Crippen LogP contribution in [0.3, 0.4) is 0 Å². The zero-order chi connectivity index (χ0) is 14.9. The van der Waals surface area contributed by atoms with E-state index < -0.39 is 0 Å². The van der Waals surface area contributed by atoms with Crippen molar-refractivity contribution in [2.75, 3.05) is 26.4 Å². The molecule has 0 aliphatic carbocycles. The van der Waals surface area contributed by atoms with Gasteiger partial charge in [-0.2, -0.15) is 0 Å². The van der Waals surface area contributed by atoms with Crippen LogP contribution in [-0.4, -0.2) is 38.4 Å². The van der Waals surface area contributed by atoms with Crippen LogP contribution in [-0.2, 0) is 20.7 Å². The van der Waals surface area contributed by atoms with Gasteiger partial charge in [0.25, 0.3) is 0 Å². The Morgan fingerprint density at radius 3 is 2.90 bits per heavy atom. The lowest BCUT2D eigenvalue weighted by atomic mass is 10.1. The third-order valence-corrected chi connectivity index (χ3v) is 3.39. The Bertz CT molecular complexity index is 430. The number of hydrogen-bond acceptors (Lipinski definition) is 3. The molecule has 0 bridgehead atoms. The summed E-state index contributed by atoms with van der Waals surface area (Å²) in [5.41, 5.74) is 0.809. The summed E-state index contributed by atoms with van der Waals surface area (Å²) in [5.74, 6) is -0.344. The first kappa shape index (κ1) is 15.9. The molecule has 1 heterocycles. The third kappa shape index (κ3) is 6.23. The van der Waals surface area contributed by atoms with Crippen molar-refractivity contribution in [1.29, 1.82) is 0 Å². The molecule has 0 aromatic heterocycles. The highest BCUT2D eigenvalue weighted by Gasteiger charge is 2.14. The first-order valence-electron chi connectivity index (χ1n) is 7.44. The van der Waals surface area contributed by atoms with Gasteiger partial charge in [-0.05, 0) is 37.0 Å². The Kier molecular flexibility index (Phi) is 6.63. The highest BCUT2D eigenvalue weighted by atomic mass is 19.1. The highest BCUT2D eigenvalue weighted by Crippen LogP contribution is 2.11. The lowest BCUT2D eigenvalue weighted by molar-refractivity contribution is -0.120. The van der Waals surface area contributed by atoms with Gasteiger partial charge in [0.2, 0.25) is 5.91 Å². The van der Waals surface area contributed by atoms with Crippen LogP contribution in [0.15, 0.2) is 24.3 Å². The fraction of sp³-hybridized carbons (Fsp3) is 0.562. The normalized spacial score (nSPS) is 17.9. The lowest BCUT2D eigenvalue weighted by Gasteiger charge is -2.10. The number of hydrogen-bond donors (Lipinski definition) is 1. The number of rotatable bonds is 8. The van der Waals surface area contributed by atoms with Crippen molar-refractivity contribution in [1.82, 2.24) is 5.32 Å². The Morgan fingerprint density at radius 2 is 2.19 bits per heavy atom. The van der Waals surface area contributed by atoms with Gasteiger partial charge < -0.3 is 14.8 Å². The molecule has 2 rings (SSSR count). The molecule has 116 valence electrons. The Hall–Kier alpha value is -1.46. The molecule has 1 saturated heterocycles. The van der Waals surface area contributed by atoms with Crippen molar-refractivity contribution >= 4 is 5.91 Å². The predicted octanol–water partition coefficient (Wildman–Crippen LogP) is 2.07. The van der Waals surface area contributed by atoms with Gasteiger partial charge in [0.15, 0.2) is 0 Å². The van der Waals surface area contributed by atoms with Gasteiger partial charge in [-0.1, -0.05) is 12.1 Å². The molecule has 1 amide bonds. The van der Waals surface area contributed by atoms with Crippen LogP contribution in [0.2, 0.25) is 0 Å².